The number of fused-ring (bicyclic) bond motifs is 3. The van der Waals surface area contributed by atoms with E-state index in [-0.39, 0.29) is 5.56 Å². The molecule has 0 spiro atoms. The van der Waals surface area contributed by atoms with E-state index in [1.165, 1.54) is 16.9 Å². The van der Waals surface area contributed by atoms with Crippen LogP contribution in [0.5, 0.6) is 0 Å². The highest BCUT2D eigenvalue weighted by Gasteiger charge is 2.23. The zero-order valence-corrected chi connectivity index (χ0v) is 19.8. The monoisotopic (exact) mass is 457 g/mol. The van der Waals surface area contributed by atoms with Gasteiger partial charge in [-0.2, -0.15) is 5.26 Å². The van der Waals surface area contributed by atoms with Crippen LogP contribution in [-0.4, -0.2) is 9.55 Å². The van der Waals surface area contributed by atoms with Crippen molar-refractivity contribution in [1.82, 2.24) is 9.55 Å². The van der Waals surface area contributed by atoms with Crippen molar-refractivity contribution in [2.24, 2.45) is 0 Å². The maximum absolute atomic E-state index is 13.9. The first kappa shape index (κ1) is 21.0. The van der Waals surface area contributed by atoms with Crippen LogP contribution < -0.4 is 5.56 Å². The van der Waals surface area contributed by atoms with Gasteiger partial charge in [-0.05, 0) is 80.0 Å². The van der Waals surface area contributed by atoms with Crippen molar-refractivity contribution in [2.45, 2.75) is 50.4 Å². The first-order valence-corrected chi connectivity index (χ1v) is 12.6. The molecule has 2 aromatic heterocycles. The number of hydrogen-bond acceptors (Lipinski definition) is 5. The van der Waals surface area contributed by atoms with Crippen molar-refractivity contribution in [3.63, 3.8) is 0 Å². The lowest BCUT2D eigenvalue weighted by Crippen LogP contribution is -2.23. The molecule has 1 aliphatic rings. The molecule has 5 rings (SSSR count). The van der Waals surface area contributed by atoms with Gasteiger partial charge in [-0.3, -0.25) is 9.36 Å². The van der Waals surface area contributed by atoms with Gasteiger partial charge < -0.3 is 0 Å². The minimum atomic E-state index is 0.0467. The maximum atomic E-state index is 13.9. The lowest BCUT2D eigenvalue weighted by atomic mass is 9.97. The molecule has 32 heavy (non-hydrogen) atoms. The second-order valence-electron chi connectivity index (χ2n) is 8.31. The zero-order chi connectivity index (χ0) is 22.2. The van der Waals surface area contributed by atoms with E-state index in [4.69, 9.17) is 10.2 Å². The fourth-order valence-electron chi connectivity index (χ4n) is 4.28. The third-order valence-corrected chi connectivity index (χ3v) is 8.21. The summed E-state index contributed by atoms with van der Waals surface area (Å²) in [4.78, 5) is 21.1. The van der Waals surface area contributed by atoms with Crippen LogP contribution in [0.1, 0.15) is 45.5 Å². The smallest absolute Gasteiger partial charge is 0.267 e. The summed E-state index contributed by atoms with van der Waals surface area (Å²) in [5, 5.41) is 10.6. The molecule has 1 aliphatic carbocycles. The third-order valence-electron chi connectivity index (χ3n) is 6.01. The van der Waals surface area contributed by atoms with E-state index in [1.807, 2.05) is 35.8 Å². The number of thiophene rings is 1. The molecule has 0 saturated heterocycles. The lowest BCUT2D eigenvalue weighted by molar-refractivity contribution is 0.699. The molecule has 0 saturated carbocycles. The van der Waals surface area contributed by atoms with Gasteiger partial charge >= 0.3 is 0 Å². The normalized spacial score (nSPS) is 13.2. The molecule has 6 heteroatoms. The summed E-state index contributed by atoms with van der Waals surface area (Å²) in [5.74, 6) is 0.680. The average molecular weight is 458 g/mol. The highest BCUT2D eigenvalue weighted by Crippen LogP contribution is 2.36. The van der Waals surface area contributed by atoms with E-state index in [0.717, 1.165) is 57.0 Å². The molecular formula is C26H23N3OS2. The standard InChI is InChI=1S/C26H23N3OS2/c1-16-7-8-17(2)21(13-16)29-25(30)23-20-5-3-4-6-22(20)32-24(23)28-26(29)31-15-19-11-9-18(14-27)10-12-19/h7-13H,3-6,15H2,1-2H3. The Labute approximate surface area is 195 Å². The number of benzene rings is 2. The van der Waals surface area contributed by atoms with Crippen molar-refractivity contribution in [3.05, 3.63) is 85.5 Å². The fourth-order valence-corrected chi connectivity index (χ4v) is 6.54. The van der Waals surface area contributed by atoms with Crippen molar-refractivity contribution in [2.75, 3.05) is 0 Å². The van der Waals surface area contributed by atoms with Crippen LogP contribution in [0.4, 0.5) is 0 Å². The maximum Gasteiger partial charge on any atom is 0.267 e. The van der Waals surface area contributed by atoms with Crippen LogP contribution in [0.2, 0.25) is 0 Å². The topological polar surface area (TPSA) is 58.7 Å². The van der Waals surface area contributed by atoms with E-state index in [9.17, 15) is 4.79 Å². The van der Waals surface area contributed by atoms with Crippen LogP contribution in [0.25, 0.3) is 15.9 Å². The van der Waals surface area contributed by atoms with Gasteiger partial charge in [-0.25, -0.2) is 4.98 Å². The molecule has 4 nitrogen and oxygen atoms in total. The predicted octanol–water partition coefficient (Wildman–Crippen LogP) is 6.11. The highest BCUT2D eigenvalue weighted by atomic mass is 32.2. The fraction of sp³-hybridized carbons (Fsp3) is 0.269. The summed E-state index contributed by atoms with van der Waals surface area (Å²) in [7, 11) is 0. The molecule has 0 fully saturated rings. The third kappa shape index (κ3) is 3.76. The minimum Gasteiger partial charge on any atom is -0.268 e. The summed E-state index contributed by atoms with van der Waals surface area (Å²) >= 11 is 3.27. The largest absolute Gasteiger partial charge is 0.268 e. The molecule has 2 heterocycles. The summed E-state index contributed by atoms with van der Waals surface area (Å²) < 4.78 is 1.82. The van der Waals surface area contributed by atoms with Gasteiger partial charge in [-0.1, -0.05) is 36.0 Å². The molecule has 4 aromatic rings. The Morgan fingerprint density at radius 2 is 1.91 bits per heavy atom. The lowest BCUT2D eigenvalue weighted by Gasteiger charge is -2.16. The second-order valence-corrected chi connectivity index (χ2v) is 10.3. The molecule has 2 aromatic carbocycles. The van der Waals surface area contributed by atoms with E-state index in [2.05, 4.69) is 31.2 Å². The van der Waals surface area contributed by atoms with Crippen LogP contribution >= 0.6 is 23.1 Å². The van der Waals surface area contributed by atoms with Gasteiger partial charge in [0.15, 0.2) is 5.16 Å². The van der Waals surface area contributed by atoms with Crippen molar-refractivity contribution in [3.8, 4) is 11.8 Å². The quantitative estimate of drug-likeness (QED) is 0.274. The first-order chi connectivity index (χ1) is 15.5. The van der Waals surface area contributed by atoms with Crippen LogP contribution in [0, 0.1) is 25.2 Å². The summed E-state index contributed by atoms with van der Waals surface area (Å²) in [6, 6.07) is 16.0. The molecule has 160 valence electrons. The van der Waals surface area contributed by atoms with Gasteiger partial charge in [0.2, 0.25) is 0 Å². The van der Waals surface area contributed by atoms with E-state index < -0.39 is 0 Å². The van der Waals surface area contributed by atoms with Crippen LogP contribution in [0.15, 0.2) is 52.4 Å². The summed E-state index contributed by atoms with van der Waals surface area (Å²) in [5.41, 5.74) is 6.09. The molecule has 0 amide bonds. The minimum absolute atomic E-state index is 0.0467. The van der Waals surface area contributed by atoms with Gasteiger partial charge in [0.05, 0.1) is 22.7 Å². The Kier molecular flexibility index (Phi) is 5.62. The van der Waals surface area contributed by atoms with Gasteiger partial charge in [0, 0.05) is 10.6 Å². The average Bonchev–Trinajstić information content (AvgIpc) is 3.18. The second kappa shape index (κ2) is 8.57. The number of nitrogens with zero attached hydrogens (tertiary/aromatic N) is 3. The number of rotatable bonds is 4. The van der Waals surface area contributed by atoms with E-state index >= 15 is 0 Å². The number of nitriles is 1. The van der Waals surface area contributed by atoms with Gasteiger partial charge in [0.1, 0.15) is 4.83 Å². The predicted molar refractivity (Wildman–Crippen MR) is 132 cm³/mol. The number of thioether (sulfide) groups is 1. The Morgan fingerprint density at radius 1 is 1.12 bits per heavy atom. The number of aromatic nitrogens is 2. The number of hydrogen-bond donors (Lipinski definition) is 0. The van der Waals surface area contributed by atoms with Crippen molar-refractivity contribution < 1.29 is 0 Å². The first-order valence-electron chi connectivity index (χ1n) is 10.8. The van der Waals surface area contributed by atoms with Crippen LogP contribution in [-0.2, 0) is 18.6 Å². The molecule has 0 radical (unpaired) electrons. The molecular weight excluding hydrogens is 434 g/mol. The molecule has 0 unspecified atom stereocenters. The Morgan fingerprint density at radius 3 is 2.69 bits per heavy atom. The SMILES string of the molecule is Cc1ccc(C)c(-n2c(SCc3ccc(C#N)cc3)nc3sc4c(c3c2=O)CCCC4)c1. The van der Waals surface area contributed by atoms with Gasteiger partial charge in [0.25, 0.3) is 5.56 Å². The van der Waals surface area contributed by atoms with E-state index in [1.54, 1.807) is 23.1 Å². The van der Waals surface area contributed by atoms with Crippen molar-refractivity contribution >= 4 is 33.3 Å². The van der Waals surface area contributed by atoms with Crippen LogP contribution in [0.3, 0.4) is 0 Å². The molecule has 0 N–H and O–H groups in total. The summed E-state index contributed by atoms with van der Waals surface area (Å²) in [6.45, 7) is 4.10. The highest BCUT2D eigenvalue weighted by molar-refractivity contribution is 7.98. The molecule has 0 atom stereocenters. The van der Waals surface area contributed by atoms with E-state index in [0.29, 0.717) is 11.3 Å². The van der Waals surface area contributed by atoms with Gasteiger partial charge in [-0.15, -0.1) is 11.3 Å². The Bertz CT molecular complexity index is 1420. The zero-order valence-electron chi connectivity index (χ0n) is 18.1. The van der Waals surface area contributed by atoms with Crippen molar-refractivity contribution in [1.29, 1.82) is 5.26 Å². The number of aryl methyl sites for hydroxylation is 4. The summed E-state index contributed by atoms with van der Waals surface area (Å²) in [6.07, 6.45) is 4.34. The Hall–Kier alpha value is -2.88. The molecule has 0 bridgehead atoms. The molecule has 0 aliphatic heterocycles. The Balaban J connectivity index is 1.67.